The molecule has 1 N–H and O–H groups in total. The lowest BCUT2D eigenvalue weighted by Crippen LogP contribution is -2.10. The van der Waals surface area contributed by atoms with Crippen LogP contribution in [-0.4, -0.2) is 24.4 Å². The van der Waals surface area contributed by atoms with E-state index in [-0.39, 0.29) is 4.90 Å². The van der Waals surface area contributed by atoms with E-state index < -0.39 is 38.0 Å². The van der Waals surface area contributed by atoms with E-state index in [1.807, 2.05) is 0 Å². The van der Waals surface area contributed by atoms with Crippen LogP contribution in [-0.2, 0) is 10.1 Å². The van der Waals surface area contributed by atoms with Crippen LogP contribution in [0.3, 0.4) is 0 Å². The van der Waals surface area contributed by atoms with Gasteiger partial charge in [0.05, 0.1) is 16.6 Å². The van der Waals surface area contributed by atoms with E-state index in [0.29, 0.717) is 0 Å². The van der Waals surface area contributed by atoms with Crippen LogP contribution in [0, 0.1) is 17.0 Å². The lowest BCUT2D eigenvalue weighted by molar-refractivity contribution is -0.384. The molecule has 0 saturated carbocycles. The normalized spacial score (nSPS) is 11.0. The minimum Gasteiger partial charge on any atom is -0.478 e. The standard InChI is InChI=1S/C14H11NO7S/c1-9-2-4-13(5-3-9)23(20,21)22-12-7-10(14(16)17)6-11(8-12)15(18)19/h2-8H,1H3,(H,16,17). The van der Waals surface area contributed by atoms with Crippen LogP contribution in [0.5, 0.6) is 5.75 Å². The summed E-state index contributed by atoms with van der Waals surface area (Å²) in [5, 5.41) is 19.7. The highest BCUT2D eigenvalue weighted by atomic mass is 32.2. The average Bonchev–Trinajstić information content (AvgIpc) is 2.46. The molecule has 2 aromatic rings. The molecule has 0 aliphatic carbocycles. The maximum absolute atomic E-state index is 12.1. The zero-order chi connectivity index (χ0) is 17.2. The van der Waals surface area contributed by atoms with Gasteiger partial charge in [-0.05, 0) is 25.1 Å². The number of benzene rings is 2. The highest BCUT2D eigenvalue weighted by molar-refractivity contribution is 7.87. The van der Waals surface area contributed by atoms with Gasteiger partial charge < -0.3 is 9.29 Å². The van der Waals surface area contributed by atoms with Crippen LogP contribution in [0.4, 0.5) is 5.69 Å². The van der Waals surface area contributed by atoms with Crippen LogP contribution in [0.15, 0.2) is 47.4 Å². The summed E-state index contributed by atoms with van der Waals surface area (Å²) in [5.41, 5.74) is -0.195. The zero-order valence-corrected chi connectivity index (χ0v) is 12.6. The summed E-state index contributed by atoms with van der Waals surface area (Å²) in [6.07, 6.45) is 0. The Morgan fingerprint density at radius 3 is 2.30 bits per heavy atom. The van der Waals surface area contributed by atoms with Crippen molar-refractivity contribution in [2.24, 2.45) is 0 Å². The second-order valence-electron chi connectivity index (χ2n) is 4.63. The third kappa shape index (κ3) is 3.83. The van der Waals surface area contributed by atoms with Crippen molar-refractivity contribution in [1.82, 2.24) is 0 Å². The van der Waals surface area contributed by atoms with Gasteiger partial charge in [-0.3, -0.25) is 10.1 Å². The van der Waals surface area contributed by atoms with Crippen LogP contribution < -0.4 is 4.18 Å². The first-order chi connectivity index (χ1) is 10.7. The number of aryl methyl sites for hydroxylation is 1. The van der Waals surface area contributed by atoms with Gasteiger partial charge in [0.2, 0.25) is 0 Å². The quantitative estimate of drug-likeness (QED) is 0.504. The summed E-state index contributed by atoms with van der Waals surface area (Å²) in [6.45, 7) is 1.77. The Balaban J connectivity index is 2.44. The lowest BCUT2D eigenvalue weighted by Gasteiger charge is -2.08. The van der Waals surface area contributed by atoms with E-state index in [1.165, 1.54) is 12.1 Å². The summed E-state index contributed by atoms with van der Waals surface area (Å²) in [5.74, 6) is -1.89. The van der Waals surface area contributed by atoms with Crippen LogP contribution >= 0.6 is 0 Å². The van der Waals surface area contributed by atoms with Crippen molar-refractivity contribution in [1.29, 1.82) is 0 Å². The molecule has 0 amide bonds. The second-order valence-corrected chi connectivity index (χ2v) is 6.17. The zero-order valence-electron chi connectivity index (χ0n) is 11.8. The smallest absolute Gasteiger partial charge is 0.339 e. The Kier molecular flexibility index (Phi) is 4.32. The summed E-state index contributed by atoms with van der Waals surface area (Å²) < 4.78 is 29.1. The van der Waals surface area contributed by atoms with Gasteiger partial charge in [-0.1, -0.05) is 17.7 Å². The number of carboxylic acid groups (broad SMARTS) is 1. The second kappa shape index (κ2) is 6.05. The Morgan fingerprint density at radius 1 is 1.17 bits per heavy atom. The SMILES string of the molecule is Cc1ccc(S(=O)(=O)Oc2cc(C(=O)O)cc([N+](=O)[O-])c2)cc1. The van der Waals surface area contributed by atoms with Crippen molar-refractivity contribution in [3.63, 3.8) is 0 Å². The average molecular weight is 337 g/mol. The molecule has 9 heteroatoms. The molecule has 0 fully saturated rings. The molecule has 120 valence electrons. The van der Waals surface area contributed by atoms with Gasteiger partial charge in [-0.25, -0.2) is 4.79 Å². The van der Waals surface area contributed by atoms with Crippen LogP contribution in [0.2, 0.25) is 0 Å². The fourth-order valence-corrected chi connectivity index (χ4v) is 2.66. The van der Waals surface area contributed by atoms with Gasteiger partial charge in [-0.2, -0.15) is 8.42 Å². The topological polar surface area (TPSA) is 124 Å². The number of non-ortho nitro benzene ring substituents is 1. The molecule has 0 saturated heterocycles. The van der Waals surface area contributed by atoms with E-state index in [9.17, 15) is 23.3 Å². The molecule has 2 aromatic carbocycles. The summed E-state index contributed by atoms with van der Waals surface area (Å²) in [7, 11) is -4.23. The summed E-state index contributed by atoms with van der Waals surface area (Å²) in [6, 6.07) is 8.33. The number of nitrogens with zero attached hydrogens (tertiary/aromatic N) is 1. The maximum Gasteiger partial charge on any atom is 0.339 e. The van der Waals surface area contributed by atoms with Gasteiger partial charge in [0, 0.05) is 6.07 Å². The summed E-state index contributed by atoms with van der Waals surface area (Å²) >= 11 is 0. The third-order valence-electron chi connectivity index (χ3n) is 2.86. The highest BCUT2D eigenvalue weighted by Crippen LogP contribution is 2.26. The maximum atomic E-state index is 12.1. The van der Waals surface area contributed by atoms with E-state index in [2.05, 4.69) is 0 Å². The molecule has 0 spiro atoms. The van der Waals surface area contributed by atoms with Crippen molar-refractivity contribution >= 4 is 21.8 Å². The third-order valence-corrected chi connectivity index (χ3v) is 4.13. The number of hydrogen-bond acceptors (Lipinski definition) is 6. The number of nitro groups is 1. The van der Waals surface area contributed by atoms with Gasteiger partial charge in [0.15, 0.2) is 5.75 Å². The Labute approximate surface area is 131 Å². The molecule has 0 heterocycles. The number of hydrogen-bond donors (Lipinski definition) is 1. The molecule has 0 aromatic heterocycles. The van der Waals surface area contributed by atoms with Crippen LogP contribution in [0.25, 0.3) is 0 Å². The molecule has 2 rings (SSSR count). The molecule has 0 unspecified atom stereocenters. The minimum absolute atomic E-state index is 0.147. The largest absolute Gasteiger partial charge is 0.478 e. The van der Waals surface area contributed by atoms with Gasteiger partial charge in [0.1, 0.15) is 4.90 Å². The Hall–Kier alpha value is -2.94. The predicted octanol–water partition coefficient (Wildman–Crippen LogP) is 2.37. The van der Waals surface area contributed by atoms with E-state index in [4.69, 9.17) is 9.29 Å². The number of carboxylic acids is 1. The highest BCUT2D eigenvalue weighted by Gasteiger charge is 2.20. The molecule has 0 bridgehead atoms. The molecule has 23 heavy (non-hydrogen) atoms. The first-order valence-corrected chi connectivity index (χ1v) is 7.64. The van der Waals surface area contributed by atoms with Crippen molar-refractivity contribution in [3.05, 3.63) is 63.7 Å². The monoisotopic (exact) mass is 337 g/mol. The molecular weight excluding hydrogens is 326 g/mol. The Bertz CT molecular complexity index is 840. The van der Waals surface area contributed by atoms with Gasteiger partial charge in [0.25, 0.3) is 5.69 Å². The van der Waals surface area contributed by atoms with E-state index >= 15 is 0 Å². The predicted molar refractivity (Wildman–Crippen MR) is 79.0 cm³/mol. The minimum atomic E-state index is -4.23. The number of rotatable bonds is 5. The van der Waals surface area contributed by atoms with Crippen molar-refractivity contribution in [2.75, 3.05) is 0 Å². The fraction of sp³-hybridized carbons (Fsp3) is 0.0714. The molecule has 0 aliphatic rings. The van der Waals surface area contributed by atoms with Gasteiger partial charge >= 0.3 is 16.1 Å². The Morgan fingerprint density at radius 2 is 1.78 bits per heavy atom. The molecule has 0 atom stereocenters. The molecule has 0 radical (unpaired) electrons. The van der Waals surface area contributed by atoms with Crippen molar-refractivity contribution < 1.29 is 27.4 Å². The fourth-order valence-electron chi connectivity index (χ4n) is 1.74. The molecular formula is C14H11NO7S. The first-order valence-electron chi connectivity index (χ1n) is 6.23. The summed E-state index contributed by atoms with van der Waals surface area (Å²) in [4.78, 5) is 20.8. The first kappa shape index (κ1) is 16.4. The number of nitro benzene ring substituents is 1. The van der Waals surface area contributed by atoms with Crippen molar-refractivity contribution in [2.45, 2.75) is 11.8 Å². The number of aromatic carboxylic acids is 1. The van der Waals surface area contributed by atoms with Gasteiger partial charge in [-0.15, -0.1) is 0 Å². The van der Waals surface area contributed by atoms with E-state index in [1.54, 1.807) is 19.1 Å². The van der Waals surface area contributed by atoms with E-state index in [0.717, 1.165) is 23.8 Å². The van der Waals surface area contributed by atoms with Crippen molar-refractivity contribution in [3.8, 4) is 5.75 Å². The molecule has 0 aliphatic heterocycles. The lowest BCUT2D eigenvalue weighted by atomic mass is 10.2. The molecule has 8 nitrogen and oxygen atoms in total. The van der Waals surface area contributed by atoms with Crippen LogP contribution in [0.1, 0.15) is 15.9 Å². The number of carbonyl (C=O) groups is 1.